The molecular formula is C41H54ClN5O3. The molecule has 2 heterocycles. The quantitative estimate of drug-likeness (QED) is 0.193. The number of nitrogens with one attached hydrogen (secondary N) is 3. The number of nitriles is 1. The van der Waals surface area contributed by atoms with Crippen molar-refractivity contribution in [3.05, 3.63) is 47.1 Å². The van der Waals surface area contributed by atoms with E-state index in [-0.39, 0.29) is 5.91 Å². The van der Waals surface area contributed by atoms with E-state index in [0.717, 1.165) is 31.5 Å². The number of carbonyl (C=O) groups excluding carboxylic acids is 1. The maximum absolute atomic E-state index is 13.1. The first-order chi connectivity index (χ1) is 24.4. The summed E-state index contributed by atoms with van der Waals surface area (Å²) in [5.41, 5.74) is 3.37. The minimum atomic E-state index is -0.0213. The van der Waals surface area contributed by atoms with Crippen LogP contribution in [0.2, 0.25) is 5.02 Å². The number of ether oxygens (including phenoxy) is 2. The largest absolute Gasteiger partial charge is 0.492 e. The van der Waals surface area contributed by atoms with Crippen LogP contribution in [-0.2, 0) is 4.79 Å². The molecule has 2 aromatic carbocycles. The molecule has 2 aliphatic carbocycles. The summed E-state index contributed by atoms with van der Waals surface area (Å²) in [6.45, 7) is 4.02. The van der Waals surface area contributed by atoms with Crippen molar-refractivity contribution in [2.24, 2.45) is 11.3 Å². The van der Waals surface area contributed by atoms with Crippen LogP contribution in [0.1, 0.15) is 122 Å². The average molecular weight is 700 g/mol. The third-order valence-electron chi connectivity index (χ3n) is 11.2. The van der Waals surface area contributed by atoms with E-state index in [4.69, 9.17) is 21.1 Å². The third-order valence-corrected chi connectivity index (χ3v) is 11.5. The summed E-state index contributed by atoms with van der Waals surface area (Å²) in [7, 11) is 0. The topological polar surface area (TPSA) is 108 Å². The van der Waals surface area contributed by atoms with Crippen molar-refractivity contribution in [1.82, 2.24) is 10.3 Å². The Morgan fingerprint density at radius 3 is 2.38 bits per heavy atom. The van der Waals surface area contributed by atoms with Gasteiger partial charge >= 0.3 is 0 Å². The average Bonchev–Trinajstić information content (AvgIpc) is 3.12. The number of aromatic nitrogens is 1. The zero-order chi connectivity index (χ0) is 34.8. The summed E-state index contributed by atoms with van der Waals surface area (Å²) >= 11 is 6.78. The zero-order valence-corrected chi connectivity index (χ0v) is 30.5. The van der Waals surface area contributed by atoms with Gasteiger partial charge in [-0.3, -0.25) is 9.78 Å². The van der Waals surface area contributed by atoms with Gasteiger partial charge in [-0.25, -0.2) is 0 Å². The number of pyridine rings is 1. The van der Waals surface area contributed by atoms with Crippen LogP contribution in [-0.4, -0.2) is 36.7 Å². The Morgan fingerprint density at radius 2 is 1.70 bits per heavy atom. The molecule has 0 bridgehead atoms. The molecule has 50 heavy (non-hydrogen) atoms. The second-order valence-electron chi connectivity index (χ2n) is 14.9. The maximum Gasteiger partial charge on any atom is 0.224 e. The van der Waals surface area contributed by atoms with E-state index in [1.54, 1.807) is 6.20 Å². The van der Waals surface area contributed by atoms with Gasteiger partial charge in [-0.15, -0.1) is 0 Å². The van der Waals surface area contributed by atoms with Crippen LogP contribution >= 0.6 is 11.6 Å². The lowest BCUT2D eigenvalue weighted by atomic mass is 9.71. The summed E-state index contributed by atoms with van der Waals surface area (Å²) < 4.78 is 12.2. The van der Waals surface area contributed by atoms with Crippen LogP contribution in [0.25, 0.3) is 10.9 Å². The molecule has 0 radical (unpaired) electrons. The molecule has 1 saturated heterocycles. The molecule has 1 spiro atoms. The Balaban J connectivity index is 1.13. The normalized spacial score (nSPS) is 20.1. The number of nitrogens with zero attached hydrogens (tertiary/aromatic N) is 2. The summed E-state index contributed by atoms with van der Waals surface area (Å²) in [6.07, 6.45) is 22.6. The molecule has 9 heteroatoms. The molecular weight excluding hydrogens is 646 g/mol. The molecule has 1 amide bonds. The molecule has 3 aliphatic rings. The predicted molar refractivity (Wildman–Crippen MR) is 203 cm³/mol. The summed E-state index contributed by atoms with van der Waals surface area (Å²) in [5.74, 6) is 1.59. The number of benzene rings is 2. The smallest absolute Gasteiger partial charge is 0.224 e. The highest BCUT2D eigenvalue weighted by Gasteiger charge is 2.34. The minimum absolute atomic E-state index is 0.0213. The number of piperidine rings is 1. The lowest BCUT2D eigenvalue weighted by Crippen LogP contribution is -2.48. The molecule has 2 saturated carbocycles. The Kier molecular flexibility index (Phi) is 12.8. The van der Waals surface area contributed by atoms with Crippen molar-refractivity contribution >= 4 is 45.5 Å². The van der Waals surface area contributed by atoms with E-state index in [2.05, 4.69) is 27.0 Å². The van der Waals surface area contributed by atoms with Gasteiger partial charge in [0, 0.05) is 42.3 Å². The van der Waals surface area contributed by atoms with Crippen molar-refractivity contribution in [1.29, 1.82) is 5.26 Å². The fraction of sp³-hybridized carbons (Fsp3) is 0.585. The van der Waals surface area contributed by atoms with Crippen molar-refractivity contribution in [2.45, 2.75) is 122 Å². The molecule has 1 aromatic heterocycles. The molecule has 1 atom stereocenters. The third kappa shape index (κ3) is 9.41. The van der Waals surface area contributed by atoms with Gasteiger partial charge in [0.1, 0.15) is 24.2 Å². The Morgan fingerprint density at radius 1 is 0.960 bits per heavy atom. The Hall–Kier alpha value is -3.54. The van der Waals surface area contributed by atoms with Crippen molar-refractivity contribution in [2.75, 3.05) is 30.4 Å². The second kappa shape index (κ2) is 17.6. The molecule has 1 unspecified atom stereocenters. The Bertz CT molecular complexity index is 1630. The number of anilines is 3. The van der Waals surface area contributed by atoms with Crippen molar-refractivity contribution in [3.63, 3.8) is 0 Å². The number of halogens is 1. The maximum atomic E-state index is 13.1. The highest BCUT2D eigenvalue weighted by atomic mass is 35.5. The number of fused-ring (bicyclic) bond motifs is 1. The molecule has 3 fully saturated rings. The van der Waals surface area contributed by atoms with Crippen molar-refractivity contribution < 1.29 is 14.3 Å². The highest BCUT2D eigenvalue weighted by molar-refractivity contribution is 6.32. The van der Waals surface area contributed by atoms with Crippen LogP contribution < -0.4 is 25.4 Å². The van der Waals surface area contributed by atoms with E-state index in [1.807, 2.05) is 37.3 Å². The van der Waals surface area contributed by atoms with Crippen LogP contribution in [0.3, 0.4) is 0 Å². The summed E-state index contributed by atoms with van der Waals surface area (Å²) in [6, 6.07) is 11.9. The number of hydrogen-bond acceptors (Lipinski definition) is 7. The fourth-order valence-electron chi connectivity index (χ4n) is 8.31. The number of hydrogen-bond donors (Lipinski definition) is 3. The van der Waals surface area contributed by atoms with Gasteiger partial charge in [0.25, 0.3) is 0 Å². The predicted octanol–water partition coefficient (Wildman–Crippen LogP) is 10.5. The van der Waals surface area contributed by atoms with Gasteiger partial charge in [-0.2, -0.15) is 5.26 Å². The number of amides is 1. The van der Waals surface area contributed by atoms with Crippen molar-refractivity contribution in [3.8, 4) is 17.6 Å². The molecule has 3 N–H and O–H groups in total. The van der Waals surface area contributed by atoms with Gasteiger partial charge in [0.2, 0.25) is 5.91 Å². The number of carbonyl (C=O) groups is 1. The summed E-state index contributed by atoms with van der Waals surface area (Å²) in [4.78, 5) is 17.7. The molecule has 268 valence electrons. The monoisotopic (exact) mass is 699 g/mol. The SMILES string of the molecule is CCOc1cc2ncc(C#N)c(Nc3ccc(OCC4CCC5(CCCCCCCCC5)CN4)c(Cl)c3)c2cc1NC(=O)CC1CCCCC1. The lowest BCUT2D eigenvalue weighted by molar-refractivity contribution is -0.117. The summed E-state index contributed by atoms with van der Waals surface area (Å²) in [5, 5.41) is 21.6. The molecule has 3 aromatic rings. The minimum Gasteiger partial charge on any atom is -0.492 e. The van der Waals surface area contributed by atoms with Gasteiger partial charge < -0.3 is 25.4 Å². The zero-order valence-electron chi connectivity index (χ0n) is 29.8. The van der Waals surface area contributed by atoms with Crippen LogP contribution in [0.15, 0.2) is 36.5 Å². The molecule has 6 rings (SSSR count). The van der Waals surface area contributed by atoms with Gasteiger partial charge in [-0.1, -0.05) is 75.8 Å². The second-order valence-corrected chi connectivity index (χ2v) is 15.3. The first kappa shape index (κ1) is 36.3. The first-order valence-corrected chi connectivity index (χ1v) is 19.6. The van der Waals surface area contributed by atoms with E-state index in [1.165, 1.54) is 83.5 Å². The Labute approximate surface area is 303 Å². The van der Waals surface area contributed by atoms with Crippen LogP contribution in [0.4, 0.5) is 17.1 Å². The van der Waals surface area contributed by atoms with E-state index in [0.29, 0.717) is 81.4 Å². The van der Waals surface area contributed by atoms with Crippen LogP contribution in [0, 0.1) is 22.7 Å². The first-order valence-electron chi connectivity index (χ1n) is 19.2. The molecule has 8 nitrogen and oxygen atoms in total. The van der Waals surface area contributed by atoms with Gasteiger partial charge in [-0.05, 0) is 81.0 Å². The van der Waals surface area contributed by atoms with E-state index >= 15 is 0 Å². The van der Waals surface area contributed by atoms with E-state index < -0.39 is 0 Å². The van der Waals surface area contributed by atoms with Gasteiger partial charge in [0.05, 0.1) is 34.1 Å². The lowest BCUT2D eigenvalue weighted by Gasteiger charge is -2.41. The van der Waals surface area contributed by atoms with Crippen LogP contribution in [0.5, 0.6) is 11.5 Å². The highest BCUT2D eigenvalue weighted by Crippen LogP contribution is 2.41. The molecule has 1 aliphatic heterocycles. The number of rotatable bonds is 10. The van der Waals surface area contributed by atoms with Gasteiger partial charge in [0.15, 0.2) is 0 Å². The van der Waals surface area contributed by atoms with E-state index in [9.17, 15) is 10.1 Å². The standard InChI is InChI=1S/C41H54ClN5O3/c1-2-49-38-24-35-33(23-36(38)47-39(48)21-29-13-9-8-10-14-29)40(30(25-43)26-44-35)46-31-15-16-37(34(42)22-31)50-27-32-17-20-41(28-45-32)18-11-6-4-3-5-7-12-19-41/h15-16,22-24,26,29,32,45H,2-14,17-21,27-28H2,1H3,(H,44,46)(H,47,48). The fourth-order valence-corrected chi connectivity index (χ4v) is 8.54.